The lowest BCUT2D eigenvalue weighted by Gasteiger charge is -2.23. The van der Waals surface area contributed by atoms with Gasteiger partial charge in [-0.25, -0.2) is 0 Å². The second-order valence-electron chi connectivity index (χ2n) is 5.57. The summed E-state index contributed by atoms with van der Waals surface area (Å²) in [4.78, 5) is 0. The standard InChI is InChI=1S/C18H20ClN/c1-13(15-8-4-9-16(19)12-15)20-18-11-5-7-14-6-2-3-10-17(14)18/h4-5,7-9,11-13,20H,2-3,6,10H2,1H3. The predicted octanol–water partition coefficient (Wildman–Crippen LogP) is 5.39. The van der Waals surface area contributed by atoms with E-state index >= 15 is 0 Å². The highest BCUT2D eigenvalue weighted by Gasteiger charge is 2.14. The molecule has 0 aromatic heterocycles. The summed E-state index contributed by atoms with van der Waals surface area (Å²) in [6.45, 7) is 2.19. The maximum Gasteiger partial charge on any atom is 0.0486 e. The van der Waals surface area contributed by atoms with Crippen LogP contribution in [0.4, 0.5) is 5.69 Å². The highest BCUT2D eigenvalue weighted by Crippen LogP contribution is 2.30. The van der Waals surface area contributed by atoms with E-state index in [2.05, 4.69) is 36.5 Å². The molecule has 3 rings (SSSR count). The second kappa shape index (κ2) is 5.88. The Balaban J connectivity index is 1.84. The van der Waals surface area contributed by atoms with Crippen molar-refractivity contribution < 1.29 is 0 Å². The lowest BCUT2D eigenvalue weighted by molar-refractivity contribution is 0.685. The normalized spacial score (nSPS) is 15.5. The zero-order valence-corrected chi connectivity index (χ0v) is 12.6. The van der Waals surface area contributed by atoms with E-state index in [0.29, 0.717) is 0 Å². The van der Waals surface area contributed by atoms with Gasteiger partial charge >= 0.3 is 0 Å². The highest BCUT2D eigenvalue weighted by molar-refractivity contribution is 6.30. The van der Waals surface area contributed by atoms with E-state index in [9.17, 15) is 0 Å². The molecule has 2 aromatic carbocycles. The quantitative estimate of drug-likeness (QED) is 0.797. The van der Waals surface area contributed by atoms with Crippen molar-refractivity contribution in [2.24, 2.45) is 0 Å². The molecule has 1 unspecified atom stereocenters. The maximum absolute atomic E-state index is 6.08. The molecule has 0 saturated carbocycles. The van der Waals surface area contributed by atoms with Gasteiger partial charge in [0.05, 0.1) is 0 Å². The molecule has 1 aliphatic rings. The third kappa shape index (κ3) is 2.83. The molecule has 1 nitrogen and oxygen atoms in total. The summed E-state index contributed by atoms with van der Waals surface area (Å²) in [6, 6.07) is 15.0. The van der Waals surface area contributed by atoms with Crippen LogP contribution in [0.15, 0.2) is 42.5 Å². The zero-order chi connectivity index (χ0) is 13.9. The van der Waals surface area contributed by atoms with E-state index in [1.807, 2.05) is 18.2 Å². The van der Waals surface area contributed by atoms with Crippen LogP contribution in [-0.4, -0.2) is 0 Å². The van der Waals surface area contributed by atoms with Gasteiger partial charge < -0.3 is 5.32 Å². The molecule has 2 aromatic rings. The molecule has 0 heterocycles. The highest BCUT2D eigenvalue weighted by atomic mass is 35.5. The van der Waals surface area contributed by atoms with Crippen LogP contribution in [0.1, 0.15) is 42.5 Å². The monoisotopic (exact) mass is 285 g/mol. The third-order valence-corrected chi connectivity index (χ3v) is 4.35. The number of halogens is 1. The minimum absolute atomic E-state index is 0.266. The summed E-state index contributed by atoms with van der Waals surface area (Å²) in [7, 11) is 0. The van der Waals surface area contributed by atoms with Gasteiger partial charge in [-0.1, -0.05) is 35.9 Å². The second-order valence-corrected chi connectivity index (χ2v) is 6.01. The summed E-state index contributed by atoms with van der Waals surface area (Å²) in [5.41, 5.74) is 5.53. The average molecular weight is 286 g/mol. The van der Waals surface area contributed by atoms with Gasteiger partial charge in [0.1, 0.15) is 0 Å². The number of benzene rings is 2. The van der Waals surface area contributed by atoms with Crippen molar-refractivity contribution >= 4 is 17.3 Å². The number of hydrogen-bond donors (Lipinski definition) is 1. The van der Waals surface area contributed by atoms with Crippen molar-refractivity contribution in [1.29, 1.82) is 0 Å². The van der Waals surface area contributed by atoms with E-state index in [1.165, 1.54) is 48.1 Å². The Labute approximate surface area is 126 Å². The van der Waals surface area contributed by atoms with E-state index in [0.717, 1.165) is 5.02 Å². The van der Waals surface area contributed by atoms with Crippen molar-refractivity contribution in [2.75, 3.05) is 5.32 Å². The van der Waals surface area contributed by atoms with E-state index in [-0.39, 0.29) is 6.04 Å². The molecule has 0 bridgehead atoms. The molecule has 0 radical (unpaired) electrons. The molecule has 0 saturated heterocycles. The third-order valence-electron chi connectivity index (χ3n) is 4.12. The van der Waals surface area contributed by atoms with Gasteiger partial charge in [0.15, 0.2) is 0 Å². The Morgan fingerprint density at radius 3 is 2.70 bits per heavy atom. The number of rotatable bonds is 3. The van der Waals surface area contributed by atoms with E-state index in [1.54, 1.807) is 0 Å². The van der Waals surface area contributed by atoms with Crippen molar-refractivity contribution in [1.82, 2.24) is 0 Å². The van der Waals surface area contributed by atoms with Crippen LogP contribution >= 0.6 is 11.6 Å². The van der Waals surface area contributed by atoms with Crippen LogP contribution in [0.2, 0.25) is 5.02 Å². The largest absolute Gasteiger partial charge is 0.378 e. The molecule has 1 atom stereocenters. The van der Waals surface area contributed by atoms with Gasteiger partial charge in [0.25, 0.3) is 0 Å². The summed E-state index contributed by atoms with van der Waals surface area (Å²) in [6.07, 6.45) is 5.04. The fourth-order valence-electron chi connectivity index (χ4n) is 3.01. The Kier molecular flexibility index (Phi) is 3.98. The average Bonchev–Trinajstić information content (AvgIpc) is 2.47. The molecule has 104 valence electrons. The van der Waals surface area contributed by atoms with Gasteiger partial charge in [-0.2, -0.15) is 0 Å². The van der Waals surface area contributed by atoms with Gasteiger partial charge in [0, 0.05) is 16.8 Å². The van der Waals surface area contributed by atoms with Crippen molar-refractivity contribution in [3.05, 3.63) is 64.2 Å². The number of aryl methyl sites for hydroxylation is 1. The summed E-state index contributed by atoms with van der Waals surface area (Å²) in [5.74, 6) is 0. The number of nitrogens with one attached hydrogen (secondary N) is 1. The van der Waals surface area contributed by atoms with E-state index in [4.69, 9.17) is 11.6 Å². The number of hydrogen-bond acceptors (Lipinski definition) is 1. The Morgan fingerprint density at radius 1 is 1.05 bits per heavy atom. The Hall–Kier alpha value is -1.47. The van der Waals surface area contributed by atoms with Crippen molar-refractivity contribution in [2.45, 2.75) is 38.6 Å². The first kappa shape index (κ1) is 13.5. The first-order valence-electron chi connectivity index (χ1n) is 7.37. The van der Waals surface area contributed by atoms with Gasteiger partial charge in [-0.05, 0) is 67.5 Å². The summed E-state index contributed by atoms with van der Waals surface area (Å²) in [5, 5.41) is 4.45. The topological polar surface area (TPSA) is 12.0 Å². The van der Waals surface area contributed by atoms with Gasteiger partial charge in [-0.3, -0.25) is 0 Å². The molecular weight excluding hydrogens is 266 g/mol. The minimum Gasteiger partial charge on any atom is -0.378 e. The molecule has 0 aliphatic heterocycles. The van der Waals surface area contributed by atoms with Gasteiger partial charge in [0.2, 0.25) is 0 Å². The first-order chi connectivity index (χ1) is 9.74. The van der Waals surface area contributed by atoms with Crippen LogP contribution in [0.25, 0.3) is 0 Å². The fraction of sp³-hybridized carbons (Fsp3) is 0.333. The summed E-state index contributed by atoms with van der Waals surface area (Å²) < 4.78 is 0. The summed E-state index contributed by atoms with van der Waals surface area (Å²) >= 11 is 6.08. The minimum atomic E-state index is 0.266. The van der Waals surface area contributed by atoms with Crippen LogP contribution in [0, 0.1) is 0 Å². The van der Waals surface area contributed by atoms with Crippen LogP contribution in [0.3, 0.4) is 0 Å². The molecule has 0 amide bonds. The van der Waals surface area contributed by atoms with Crippen LogP contribution in [0.5, 0.6) is 0 Å². The number of fused-ring (bicyclic) bond motifs is 1. The smallest absolute Gasteiger partial charge is 0.0486 e. The van der Waals surface area contributed by atoms with Crippen molar-refractivity contribution in [3.63, 3.8) is 0 Å². The van der Waals surface area contributed by atoms with Gasteiger partial charge in [-0.15, -0.1) is 0 Å². The lowest BCUT2D eigenvalue weighted by Crippen LogP contribution is -2.11. The Morgan fingerprint density at radius 2 is 1.85 bits per heavy atom. The Bertz CT molecular complexity index is 606. The first-order valence-corrected chi connectivity index (χ1v) is 7.74. The predicted molar refractivity (Wildman–Crippen MR) is 86.6 cm³/mol. The molecule has 20 heavy (non-hydrogen) atoms. The molecule has 1 aliphatic carbocycles. The van der Waals surface area contributed by atoms with Crippen LogP contribution in [-0.2, 0) is 12.8 Å². The molecule has 1 N–H and O–H groups in total. The van der Waals surface area contributed by atoms with Crippen molar-refractivity contribution in [3.8, 4) is 0 Å². The lowest BCUT2D eigenvalue weighted by atomic mass is 9.90. The molecule has 0 fully saturated rings. The zero-order valence-electron chi connectivity index (χ0n) is 11.8. The molecular formula is C18H20ClN. The maximum atomic E-state index is 6.08. The molecule has 2 heteroatoms. The van der Waals surface area contributed by atoms with Crippen LogP contribution < -0.4 is 5.32 Å². The number of anilines is 1. The SMILES string of the molecule is CC(Nc1cccc2c1CCCC2)c1cccc(Cl)c1. The van der Waals surface area contributed by atoms with E-state index < -0.39 is 0 Å². The molecule has 0 spiro atoms. The fourth-order valence-corrected chi connectivity index (χ4v) is 3.21.